The summed E-state index contributed by atoms with van der Waals surface area (Å²) in [6, 6.07) is 0. The summed E-state index contributed by atoms with van der Waals surface area (Å²) in [5.74, 6) is -1.69. The quantitative estimate of drug-likeness (QED) is 0.433. The molecule has 4 N–H and O–H groups in total. The van der Waals surface area contributed by atoms with E-state index in [2.05, 4.69) is 35.3 Å². The van der Waals surface area contributed by atoms with Crippen LogP contribution in [0, 0.1) is 0 Å². The van der Waals surface area contributed by atoms with Gasteiger partial charge in [0.05, 0.1) is 20.4 Å². The van der Waals surface area contributed by atoms with Crippen molar-refractivity contribution in [2.45, 2.75) is 0 Å². The van der Waals surface area contributed by atoms with Gasteiger partial charge in [-0.25, -0.2) is 19.4 Å². The second-order valence-corrected chi connectivity index (χ2v) is 3.13. The highest BCUT2D eigenvalue weighted by Gasteiger charge is 2.15. The van der Waals surface area contributed by atoms with Gasteiger partial charge in [0.1, 0.15) is 5.69 Å². The Morgan fingerprint density at radius 3 is 2.25 bits per heavy atom. The van der Waals surface area contributed by atoms with Crippen molar-refractivity contribution in [3.63, 3.8) is 0 Å². The second-order valence-electron chi connectivity index (χ2n) is 3.13. The first-order valence-electron chi connectivity index (χ1n) is 5.03. The molecule has 0 saturated heterocycles. The normalized spacial score (nSPS) is 9.30. The number of carbonyl (C=O) groups is 3. The monoisotopic (exact) mass is 285 g/mol. The molecule has 0 radical (unpaired) electrons. The Hall–Kier alpha value is -3.11. The number of guanidine groups is 1. The number of amides is 2. The topological polar surface area (TPSA) is 155 Å². The van der Waals surface area contributed by atoms with Crippen LogP contribution in [0.15, 0.2) is 11.2 Å². The Balaban J connectivity index is 3.04. The fraction of sp³-hybridized carbons (Fsp3) is 0.222. The second kappa shape index (κ2) is 6.72. The molecule has 0 bridgehead atoms. The summed E-state index contributed by atoms with van der Waals surface area (Å²) in [4.78, 5) is 36.8. The van der Waals surface area contributed by atoms with Gasteiger partial charge in [0.25, 0.3) is 0 Å². The molecule has 108 valence electrons. The number of alkyl carbamates (subject to hydrolysis) is 2. The Morgan fingerprint density at radius 1 is 1.25 bits per heavy atom. The number of methoxy groups -OCH3 is 2. The number of H-pyrrole nitrogens is 1. The lowest BCUT2D eigenvalue weighted by atomic mass is 10.4. The lowest BCUT2D eigenvalue weighted by Crippen LogP contribution is -2.43. The van der Waals surface area contributed by atoms with Crippen molar-refractivity contribution in [2.24, 2.45) is 4.99 Å². The summed E-state index contributed by atoms with van der Waals surface area (Å²) >= 11 is 0. The van der Waals surface area contributed by atoms with Gasteiger partial charge >= 0.3 is 18.2 Å². The van der Waals surface area contributed by atoms with Crippen LogP contribution in [0.4, 0.5) is 15.3 Å². The molecule has 0 saturated carbocycles. The molecular formula is C9H11N5O6. The van der Waals surface area contributed by atoms with Crippen LogP contribution < -0.4 is 10.6 Å². The summed E-state index contributed by atoms with van der Waals surface area (Å²) in [7, 11) is 2.21. The van der Waals surface area contributed by atoms with E-state index in [1.807, 2.05) is 0 Å². The number of aliphatic imine (C=N–C) groups is 1. The number of nitrogens with one attached hydrogen (secondary N) is 3. The van der Waals surface area contributed by atoms with Gasteiger partial charge in [-0.3, -0.25) is 15.7 Å². The number of hydrogen-bond acceptors (Lipinski definition) is 7. The molecule has 1 aromatic rings. The molecule has 11 heteroatoms. The van der Waals surface area contributed by atoms with E-state index in [0.717, 1.165) is 20.4 Å². The number of ether oxygens (including phenoxy) is 2. The van der Waals surface area contributed by atoms with Gasteiger partial charge in [0.15, 0.2) is 5.69 Å². The molecule has 0 fully saturated rings. The molecule has 1 rings (SSSR count). The highest BCUT2D eigenvalue weighted by atomic mass is 16.5. The van der Waals surface area contributed by atoms with Gasteiger partial charge in [0, 0.05) is 0 Å². The predicted octanol–water partition coefficient (Wildman–Crippen LogP) is -0.193. The number of aromatic carboxylic acids is 1. The first kappa shape index (κ1) is 14.9. The summed E-state index contributed by atoms with van der Waals surface area (Å²) in [5.41, 5.74) is -0.430. The molecule has 1 aromatic heterocycles. The lowest BCUT2D eigenvalue weighted by molar-refractivity contribution is 0.0691. The van der Waals surface area contributed by atoms with E-state index in [4.69, 9.17) is 5.11 Å². The van der Waals surface area contributed by atoms with Crippen molar-refractivity contribution in [3.05, 3.63) is 11.9 Å². The number of carboxylic acids is 1. The van der Waals surface area contributed by atoms with Crippen molar-refractivity contribution in [1.29, 1.82) is 0 Å². The van der Waals surface area contributed by atoms with Gasteiger partial charge in [-0.15, -0.1) is 0 Å². The number of aromatic amines is 1. The molecular weight excluding hydrogens is 274 g/mol. The van der Waals surface area contributed by atoms with Crippen LogP contribution in [0.5, 0.6) is 0 Å². The lowest BCUT2D eigenvalue weighted by Gasteiger charge is -2.08. The number of carboxylic acid groups (broad SMARTS) is 1. The van der Waals surface area contributed by atoms with Crippen molar-refractivity contribution in [2.75, 3.05) is 14.2 Å². The standard InChI is InChI=1S/C9H11N5O6/c1-19-8(17)12-7(13-9(18)20-2)11-4-3-10-14-5(4)6(15)16/h3H,1-2H3,(H,10,14)(H,15,16)(H2,11,12,13,17,18). The summed E-state index contributed by atoms with van der Waals surface area (Å²) in [5, 5.41) is 18.7. The summed E-state index contributed by atoms with van der Waals surface area (Å²) < 4.78 is 8.66. The van der Waals surface area contributed by atoms with Crippen LogP contribution in [0.2, 0.25) is 0 Å². The molecule has 0 unspecified atom stereocenters. The third-order valence-electron chi connectivity index (χ3n) is 1.88. The Kier molecular flexibility index (Phi) is 5.03. The maximum absolute atomic E-state index is 11.1. The van der Waals surface area contributed by atoms with Crippen LogP contribution in [0.1, 0.15) is 10.5 Å². The van der Waals surface area contributed by atoms with Crippen molar-refractivity contribution in [3.8, 4) is 0 Å². The number of nitrogens with zero attached hydrogens (tertiary/aromatic N) is 2. The summed E-state index contributed by atoms with van der Waals surface area (Å²) in [6.07, 6.45) is -0.734. The molecule has 1 heterocycles. The number of carbonyl (C=O) groups excluding carboxylic acids is 2. The first-order chi connectivity index (χ1) is 9.47. The molecule has 0 aliphatic rings. The average Bonchev–Trinajstić information content (AvgIpc) is 2.86. The molecule has 0 aromatic carbocycles. The zero-order valence-corrected chi connectivity index (χ0v) is 10.5. The van der Waals surface area contributed by atoms with E-state index in [-0.39, 0.29) is 17.3 Å². The Labute approximate surface area is 112 Å². The Bertz CT molecular complexity index is 531. The minimum Gasteiger partial charge on any atom is -0.476 e. The fourth-order valence-electron chi connectivity index (χ4n) is 1.02. The number of rotatable bonds is 2. The molecule has 11 nitrogen and oxygen atoms in total. The number of aromatic nitrogens is 2. The molecule has 0 aliphatic heterocycles. The molecule has 0 spiro atoms. The molecule has 0 aliphatic carbocycles. The largest absolute Gasteiger partial charge is 0.476 e. The van der Waals surface area contributed by atoms with E-state index < -0.39 is 18.2 Å². The van der Waals surface area contributed by atoms with Crippen LogP contribution in [0.25, 0.3) is 0 Å². The van der Waals surface area contributed by atoms with E-state index >= 15 is 0 Å². The zero-order valence-electron chi connectivity index (χ0n) is 10.5. The maximum atomic E-state index is 11.1. The van der Waals surface area contributed by atoms with Gasteiger partial charge in [0.2, 0.25) is 5.96 Å². The van der Waals surface area contributed by atoms with Crippen molar-refractivity contribution < 1.29 is 29.0 Å². The molecule has 0 atom stereocenters. The van der Waals surface area contributed by atoms with Crippen LogP contribution in [-0.2, 0) is 9.47 Å². The minimum absolute atomic E-state index is 0.111. The van der Waals surface area contributed by atoms with E-state index in [9.17, 15) is 14.4 Å². The van der Waals surface area contributed by atoms with Crippen molar-refractivity contribution >= 4 is 29.8 Å². The van der Waals surface area contributed by atoms with Crippen LogP contribution in [-0.4, -0.2) is 53.6 Å². The fourth-order valence-corrected chi connectivity index (χ4v) is 1.02. The average molecular weight is 285 g/mol. The van der Waals surface area contributed by atoms with Crippen LogP contribution >= 0.6 is 0 Å². The minimum atomic E-state index is -1.31. The molecule has 2 amide bonds. The predicted molar refractivity (Wildman–Crippen MR) is 63.7 cm³/mol. The number of hydrogen-bond donors (Lipinski definition) is 4. The molecule has 20 heavy (non-hydrogen) atoms. The first-order valence-corrected chi connectivity index (χ1v) is 5.03. The smallest absolute Gasteiger partial charge is 0.413 e. The van der Waals surface area contributed by atoms with Gasteiger partial charge in [-0.1, -0.05) is 0 Å². The van der Waals surface area contributed by atoms with E-state index in [0.29, 0.717) is 0 Å². The van der Waals surface area contributed by atoms with E-state index in [1.54, 1.807) is 0 Å². The van der Waals surface area contributed by atoms with Gasteiger partial charge in [-0.05, 0) is 0 Å². The maximum Gasteiger partial charge on any atom is 0.413 e. The van der Waals surface area contributed by atoms with Crippen molar-refractivity contribution in [1.82, 2.24) is 20.8 Å². The van der Waals surface area contributed by atoms with Gasteiger partial charge in [-0.2, -0.15) is 5.10 Å². The summed E-state index contributed by atoms with van der Waals surface area (Å²) in [6.45, 7) is 0. The Morgan fingerprint density at radius 2 is 1.80 bits per heavy atom. The third kappa shape index (κ3) is 3.97. The van der Waals surface area contributed by atoms with Crippen LogP contribution in [0.3, 0.4) is 0 Å². The van der Waals surface area contributed by atoms with Gasteiger partial charge < -0.3 is 14.6 Å². The highest BCUT2D eigenvalue weighted by Crippen LogP contribution is 2.15. The highest BCUT2D eigenvalue weighted by molar-refractivity contribution is 6.03. The SMILES string of the molecule is COC(=O)NC(=Nc1cn[nH]c1C(=O)O)NC(=O)OC. The van der Waals surface area contributed by atoms with E-state index in [1.165, 1.54) is 0 Å². The zero-order chi connectivity index (χ0) is 15.1. The third-order valence-corrected chi connectivity index (χ3v) is 1.88.